The Kier molecular flexibility index (Phi) is 7.66. The van der Waals surface area contributed by atoms with Crippen molar-refractivity contribution in [2.24, 2.45) is 4.99 Å². The number of guanidine groups is 1. The molecule has 0 aromatic carbocycles. The third-order valence-electron chi connectivity index (χ3n) is 3.62. The van der Waals surface area contributed by atoms with Crippen LogP contribution in [0.25, 0.3) is 5.65 Å². The summed E-state index contributed by atoms with van der Waals surface area (Å²) in [6.45, 7) is 8.11. The molecule has 0 amide bonds. The third kappa shape index (κ3) is 5.31. The largest absolute Gasteiger partial charge is 0.357 e. The molecule has 0 aliphatic rings. The van der Waals surface area contributed by atoms with E-state index in [4.69, 9.17) is 11.6 Å². The zero-order valence-electron chi connectivity index (χ0n) is 14.9. The molecule has 2 N–H and O–H groups in total. The molecule has 0 spiro atoms. The highest BCUT2D eigenvalue weighted by atomic mass is 127. The van der Waals surface area contributed by atoms with E-state index in [-0.39, 0.29) is 24.0 Å². The summed E-state index contributed by atoms with van der Waals surface area (Å²) in [5.74, 6) is 0.767. The van der Waals surface area contributed by atoms with Crippen molar-refractivity contribution >= 4 is 58.5 Å². The lowest BCUT2D eigenvalue weighted by Crippen LogP contribution is -2.36. The lowest BCUT2D eigenvalue weighted by Gasteiger charge is -2.10. The second-order valence-electron chi connectivity index (χ2n) is 5.64. The first-order chi connectivity index (χ1) is 12.0. The normalized spacial score (nSPS) is 11.5. The summed E-state index contributed by atoms with van der Waals surface area (Å²) in [5, 5.41) is 8.39. The molecule has 6 nitrogen and oxygen atoms in total. The van der Waals surface area contributed by atoms with Gasteiger partial charge in [-0.25, -0.2) is 15.0 Å². The number of thiazole rings is 1. The predicted octanol–water partition coefficient (Wildman–Crippen LogP) is 3.93. The van der Waals surface area contributed by atoms with E-state index in [2.05, 4.69) is 25.6 Å². The van der Waals surface area contributed by atoms with Crippen LogP contribution in [0.3, 0.4) is 0 Å². The van der Waals surface area contributed by atoms with E-state index < -0.39 is 0 Å². The fraction of sp³-hybridized carbons (Fsp3) is 0.353. The summed E-state index contributed by atoms with van der Waals surface area (Å²) in [5.41, 5.74) is 2.83. The molecule has 3 aromatic heterocycles. The number of hydrogen-bond donors (Lipinski definition) is 2. The molecular weight excluding hydrogens is 483 g/mol. The summed E-state index contributed by atoms with van der Waals surface area (Å²) >= 11 is 7.72. The molecule has 3 rings (SSSR count). The van der Waals surface area contributed by atoms with Gasteiger partial charge in [0.2, 0.25) is 0 Å². The van der Waals surface area contributed by atoms with Gasteiger partial charge >= 0.3 is 0 Å². The van der Waals surface area contributed by atoms with Gasteiger partial charge in [-0.3, -0.25) is 0 Å². The van der Waals surface area contributed by atoms with E-state index in [1.807, 2.05) is 49.7 Å². The summed E-state index contributed by atoms with van der Waals surface area (Å²) in [7, 11) is 0. The molecule has 0 radical (unpaired) electrons. The Bertz CT molecular complexity index is 904. The standard InChI is InChI=1S/C17H21ClN6S.HI/c1-4-19-17(21-8-15-11(2)22-12(3)25-15)20-7-14-10-24-9-13(18)5-6-16(24)23-14;/h5-6,9-10H,4,7-8H2,1-3H3,(H2,19,20,21);1H. The first kappa shape index (κ1) is 20.9. The molecule has 0 aliphatic heterocycles. The zero-order chi connectivity index (χ0) is 17.8. The fourth-order valence-corrected chi connectivity index (χ4v) is 3.54. The Hall–Kier alpha value is -1.39. The Morgan fingerprint density at radius 2 is 2.04 bits per heavy atom. The Morgan fingerprint density at radius 3 is 2.73 bits per heavy atom. The van der Waals surface area contributed by atoms with Gasteiger partial charge in [0.05, 0.1) is 34.5 Å². The molecule has 9 heteroatoms. The molecule has 0 fully saturated rings. The summed E-state index contributed by atoms with van der Waals surface area (Å²) < 4.78 is 1.91. The fourth-order valence-electron chi connectivity index (χ4n) is 2.50. The number of nitrogens with one attached hydrogen (secondary N) is 2. The van der Waals surface area contributed by atoms with Crippen LogP contribution in [0, 0.1) is 13.8 Å². The van der Waals surface area contributed by atoms with Crippen LogP contribution in [-0.4, -0.2) is 26.9 Å². The van der Waals surface area contributed by atoms with Crippen molar-refractivity contribution in [2.45, 2.75) is 33.9 Å². The lowest BCUT2D eigenvalue weighted by atomic mass is 10.4. The zero-order valence-corrected chi connectivity index (χ0v) is 18.8. The van der Waals surface area contributed by atoms with Crippen molar-refractivity contribution in [1.29, 1.82) is 0 Å². The van der Waals surface area contributed by atoms with Gasteiger partial charge in [0, 0.05) is 23.8 Å². The average Bonchev–Trinajstić information content (AvgIpc) is 3.11. The minimum Gasteiger partial charge on any atom is -0.357 e. The van der Waals surface area contributed by atoms with Crippen LogP contribution in [-0.2, 0) is 13.1 Å². The number of imidazole rings is 1. The van der Waals surface area contributed by atoms with Crippen LogP contribution in [0.4, 0.5) is 0 Å². The number of pyridine rings is 1. The van der Waals surface area contributed by atoms with Crippen molar-refractivity contribution in [1.82, 2.24) is 25.0 Å². The van der Waals surface area contributed by atoms with Crippen LogP contribution >= 0.6 is 46.9 Å². The number of hydrogen-bond acceptors (Lipinski definition) is 4. The van der Waals surface area contributed by atoms with E-state index >= 15 is 0 Å². The van der Waals surface area contributed by atoms with Crippen molar-refractivity contribution in [2.75, 3.05) is 6.54 Å². The topological polar surface area (TPSA) is 66.6 Å². The molecule has 0 aliphatic carbocycles. The molecule has 0 unspecified atom stereocenters. The van der Waals surface area contributed by atoms with E-state index in [0.29, 0.717) is 18.1 Å². The van der Waals surface area contributed by atoms with Gasteiger partial charge in [0.1, 0.15) is 5.65 Å². The van der Waals surface area contributed by atoms with E-state index in [1.54, 1.807) is 11.3 Å². The third-order valence-corrected chi connectivity index (χ3v) is 4.92. The highest BCUT2D eigenvalue weighted by molar-refractivity contribution is 14.0. The second kappa shape index (κ2) is 9.52. The first-order valence-electron chi connectivity index (χ1n) is 8.13. The second-order valence-corrected chi connectivity index (χ2v) is 7.36. The van der Waals surface area contributed by atoms with Crippen molar-refractivity contribution in [3.63, 3.8) is 0 Å². The molecule has 26 heavy (non-hydrogen) atoms. The number of aliphatic imine (C=N–C) groups is 1. The van der Waals surface area contributed by atoms with Crippen LogP contribution in [0.1, 0.15) is 28.2 Å². The van der Waals surface area contributed by atoms with Gasteiger partial charge < -0.3 is 15.0 Å². The highest BCUT2D eigenvalue weighted by Crippen LogP contribution is 2.16. The summed E-state index contributed by atoms with van der Waals surface area (Å²) in [4.78, 5) is 14.9. The van der Waals surface area contributed by atoms with Gasteiger partial charge in [0.15, 0.2) is 5.96 Å². The van der Waals surface area contributed by atoms with Crippen molar-refractivity contribution in [3.8, 4) is 0 Å². The number of halogens is 2. The van der Waals surface area contributed by atoms with E-state index in [0.717, 1.165) is 34.5 Å². The maximum Gasteiger partial charge on any atom is 0.191 e. The Morgan fingerprint density at radius 1 is 1.23 bits per heavy atom. The molecular formula is C17H22ClIN6S. The SMILES string of the molecule is CCNC(=NCc1cn2cc(Cl)ccc2n1)NCc1sc(C)nc1C.I. The monoisotopic (exact) mass is 504 g/mol. The molecule has 0 saturated carbocycles. The minimum absolute atomic E-state index is 0. The Labute approximate surface area is 179 Å². The number of aryl methyl sites for hydroxylation is 2. The number of aromatic nitrogens is 3. The highest BCUT2D eigenvalue weighted by Gasteiger charge is 2.06. The van der Waals surface area contributed by atoms with Gasteiger partial charge in [-0.1, -0.05) is 11.6 Å². The van der Waals surface area contributed by atoms with E-state index in [1.165, 1.54) is 4.88 Å². The van der Waals surface area contributed by atoms with Crippen LogP contribution < -0.4 is 10.6 Å². The Balaban J connectivity index is 0.00000243. The summed E-state index contributed by atoms with van der Waals surface area (Å²) in [6, 6.07) is 3.73. The molecule has 3 heterocycles. The number of rotatable bonds is 5. The predicted molar refractivity (Wildman–Crippen MR) is 119 cm³/mol. The van der Waals surface area contributed by atoms with Gasteiger partial charge in [0.25, 0.3) is 0 Å². The van der Waals surface area contributed by atoms with Crippen LogP contribution in [0.2, 0.25) is 5.02 Å². The van der Waals surface area contributed by atoms with Gasteiger partial charge in [-0.05, 0) is 32.9 Å². The average molecular weight is 505 g/mol. The number of nitrogens with zero attached hydrogens (tertiary/aromatic N) is 4. The lowest BCUT2D eigenvalue weighted by molar-refractivity contribution is 0.816. The summed E-state index contributed by atoms with van der Waals surface area (Å²) in [6.07, 6.45) is 3.79. The molecule has 0 bridgehead atoms. The van der Waals surface area contributed by atoms with Crippen LogP contribution in [0.5, 0.6) is 0 Å². The quantitative estimate of drug-likeness (QED) is 0.314. The molecule has 0 saturated heterocycles. The molecule has 140 valence electrons. The molecule has 3 aromatic rings. The smallest absolute Gasteiger partial charge is 0.191 e. The van der Waals surface area contributed by atoms with E-state index in [9.17, 15) is 0 Å². The van der Waals surface area contributed by atoms with Crippen molar-refractivity contribution in [3.05, 3.63) is 50.8 Å². The van der Waals surface area contributed by atoms with Crippen LogP contribution in [0.15, 0.2) is 29.5 Å². The maximum absolute atomic E-state index is 6.01. The van der Waals surface area contributed by atoms with Crippen molar-refractivity contribution < 1.29 is 0 Å². The minimum atomic E-state index is 0. The molecule has 0 atom stereocenters. The first-order valence-corrected chi connectivity index (χ1v) is 9.33. The van der Waals surface area contributed by atoms with Gasteiger partial charge in [-0.15, -0.1) is 35.3 Å². The van der Waals surface area contributed by atoms with Gasteiger partial charge in [-0.2, -0.15) is 0 Å². The number of fused-ring (bicyclic) bond motifs is 1. The maximum atomic E-state index is 6.01.